The number of piperazine rings is 2. The lowest BCUT2D eigenvalue weighted by Gasteiger charge is -2.47. The second kappa shape index (κ2) is 25.0. The number of hydrogen-bond acceptors (Lipinski definition) is 12. The third kappa shape index (κ3) is 14.6. The van der Waals surface area contributed by atoms with Crippen LogP contribution < -0.4 is 10.6 Å². The zero-order chi connectivity index (χ0) is 49.3. The Morgan fingerprint density at radius 3 is 1.16 bits per heavy atom. The van der Waals surface area contributed by atoms with Crippen LogP contribution in [0.15, 0.2) is 0 Å². The Hall–Kier alpha value is -2.44. The molecule has 0 radical (unpaired) electrons. The highest BCUT2D eigenvalue weighted by atomic mass is 16.7. The van der Waals surface area contributed by atoms with E-state index in [1.165, 1.54) is 45.4 Å². The molecule has 0 aliphatic carbocycles. The Balaban J connectivity index is 0.000000204. The summed E-state index contributed by atoms with van der Waals surface area (Å²) in [5.74, 6) is 1.68. The predicted octanol–water partition coefficient (Wildman–Crippen LogP) is 4.26. The molecule has 4 amide bonds. The van der Waals surface area contributed by atoms with E-state index in [0.29, 0.717) is 113 Å². The van der Waals surface area contributed by atoms with Gasteiger partial charge in [0.25, 0.3) is 0 Å². The van der Waals surface area contributed by atoms with Gasteiger partial charge in [-0.2, -0.15) is 0 Å². The van der Waals surface area contributed by atoms with Crippen LogP contribution in [0.2, 0.25) is 0 Å². The molecule has 0 aromatic carbocycles. The lowest BCUT2D eigenvalue weighted by atomic mass is 9.95. The van der Waals surface area contributed by atoms with Crippen molar-refractivity contribution in [2.45, 2.75) is 162 Å². The Morgan fingerprint density at radius 2 is 0.855 bits per heavy atom. The van der Waals surface area contributed by atoms with Crippen molar-refractivity contribution in [3.05, 3.63) is 0 Å². The fourth-order valence-corrected chi connectivity index (χ4v) is 11.9. The molecule has 2 spiro atoms. The molecule has 8 heterocycles. The minimum absolute atomic E-state index is 0.0830. The highest BCUT2D eigenvalue weighted by Gasteiger charge is 2.47. The van der Waals surface area contributed by atoms with E-state index >= 15 is 0 Å². The molecule has 4 atom stereocenters. The summed E-state index contributed by atoms with van der Waals surface area (Å²) in [6, 6.07) is -1.14. The van der Waals surface area contributed by atoms with Gasteiger partial charge in [-0.1, -0.05) is 55.4 Å². The highest BCUT2D eigenvalue weighted by molar-refractivity contribution is 5.91. The number of amides is 4. The number of piperidine rings is 2. The van der Waals surface area contributed by atoms with Gasteiger partial charge >= 0.3 is 0 Å². The average molecular weight is 971 g/mol. The SMILES string of the molecule is CC(C)C[C@@H]1NCCN([C@@H](CC(C)C)C(=O)N2CCC3(CC2)OCC(CN2CCC2)CO3)C1=O.CC(C)C[C@@H]1NCCN([C@@H](CC(C)C)C(=O)N2CCC3(CC2)OCC(CN2CCCC2)CO3)C1=O. The first kappa shape index (κ1) is 54.3. The molecule has 8 fully saturated rings. The maximum atomic E-state index is 13.7. The van der Waals surface area contributed by atoms with Gasteiger partial charge in [-0.25, -0.2) is 0 Å². The van der Waals surface area contributed by atoms with E-state index < -0.39 is 11.6 Å². The summed E-state index contributed by atoms with van der Waals surface area (Å²) in [6.07, 6.45) is 9.73. The summed E-state index contributed by atoms with van der Waals surface area (Å²) in [5, 5.41) is 6.74. The largest absolute Gasteiger partial charge is 0.349 e. The van der Waals surface area contributed by atoms with Crippen LogP contribution in [0, 0.1) is 35.5 Å². The summed E-state index contributed by atoms with van der Waals surface area (Å²) in [4.78, 5) is 66.7. The van der Waals surface area contributed by atoms with Crippen molar-refractivity contribution in [1.82, 2.24) is 40.0 Å². The standard InChI is InChI=1S/C27H48N4O4.C26H46N4O4/c1-20(2)15-23-25(32)31(14-9-28-23)24(16-21(3)4)26(33)30-12-7-27(8-13-30)34-18-22(19-35-27)17-29-10-5-6-11-29;1-19(2)14-22-24(31)30(13-8-27-22)23(15-20(3)4)25(32)29-11-6-26(7-12-29)33-17-21(18-34-26)16-28-9-5-10-28/h20-24,28H,5-19H2,1-4H3;19-23,27H,5-18H2,1-4H3/t23-,24-;22-,23-/m00/s1. The van der Waals surface area contributed by atoms with Crippen LogP contribution in [0.3, 0.4) is 0 Å². The van der Waals surface area contributed by atoms with Crippen molar-refractivity contribution in [3.8, 4) is 0 Å². The number of carbonyl (C=O) groups is 4. The summed E-state index contributed by atoms with van der Waals surface area (Å²) in [6.45, 7) is 32.1. The van der Waals surface area contributed by atoms with Crippen LogP contribution in [0.4, 0.5) is 0 Å². The second-order valence-corrected chi connectivity index (χ2v) is 23.7. The lowest BCUT2D eigenvalue weighted by molar-refractivity contribution is -0.299. The van der Waals surface area contributed by atoms with Gasteiger partial charge in [-0.3, -0.25) is 19.2 Å². The number of likely N-dealkylation sites (tertiary alicyclic amines) is 4. The number of hydrogen-bond donors (Lipinski definition) is 2. The van der Waals surface area contributed by atoms with Crippen molar-refractivity contribution >= 4 is 23.6 Å². The first-order valence-corrected chi connectivity index (χ1v) is 27.7. The van der Waals surface area contributed by atoms with Gasteiger partial charge in [0.05, 0.1) is 38.5 Å². The van der Waals surface area contributed by atoms with Crippen molar-refractivity contribution in [2.75, 3.05) is 118 Å². The number of carbonyl (C=O) groups excluding carboxylic acids is 4. The molecule has 0 unspecified atom stereocenters. The molecule has 2 N–H and O–H groups in total. The van der Waals surface area contributed by atoms with Crippen LogP contribution in [0.25, 0.3) is 0 Å². The van der Waals surface area contributed by atoms with E-state index in [1.54, 1.807) is 0 Å². The van der Waals surface area contributed by atoms with Gasteiger partial charge in [0.1, 0.15) is 12.1 Å². The zero-order valence-corrected chi connectivity index (χ0v) is 44.2. The van der Waals surface area contributed by atoms with Gasteiger partial charge in [-0.15, -0.1) is 0 Å². The number of nitrogens with one attached hydrogen (secondary N) is 2. The van der Waals surface area contributed by atoms with Crippen molar-refractivity contribution < 1.29 is 38.1 Å². The molecule has 8 saturated heterocycles. The molecule has 394 valence electrons. The van der Waals surface area contributed by atoms with Gasteiger partial charge in [0, 0.05) is 103 Å². The molecular formula is C53H94N8O8. The molecular weight excluding hydrogens is 877 g/mol. The van der Waals surface area contributed by atoms with E-state index in [2.05, 4.69) is 75.8 Å². The van der Waals surface area contributed by atoms with E-state index in [0.717, 1.165) is 65.4 Å². The van der Waals surface area contributed by atoms with E-state index in [4.69, 9.17) is 18.9 Å². The molecule has 16 heteroatoms. The monoisotopic (exact) mass is 971 g/mol. The molecule has 16 nitrogen and oxygen atoms in total. The van der Waals surface area contributed by atoms with E-state index in [1.807, 2.05) is 19.6 Å². The van der Waals surface area contributed by atoms with Crippen LogP contribution in [0.5, 0.6) is 0 Å². The van der Waals surface area contributed by atoms with Gasteiger partial charge < -0.3 is 59.0 Å². The van der Waals surface area contributed by atoms with Crippen molar-refractivity contribution in [1.29, 1.82) is 0 Å². The molecule has 0 aromatic rings. The third-order valence-corrected chi connectivity index (χ3v) is 16.0. The summed E-state index contributed by atoms with van der Waals surface area (Å²) >= 11 is 0. The maximum Gasteiger partial charge on any atom is 0.245 e. The van der Waals surface area contributed by atoms with Crippen molar-refractivity contribution in [2.24, 2.45) is 35.5 Å². The van der Waals surface area contributed by atoms with Crippen LogP contribution in [-0.2, 0) is 38.1 Å². The van der Waals surface area contributed by atoms with Crippen LogP contribution in [-0.4, -0.2) is 207 Å². The Bertz CT molecular complexity index is 1640. The van der Waals surface area contributed by atoms with E-state index in [-0.39, 0.29) is 47.8 Å². The maximum absolute atomic E-state index is 13.7. The average Bonchev–Trinajstić information content (AvgIpc) is 3.82. The zero-order valence-electron chi connectivity index (χ0n) is 44.2. The molecule has 8 aliphatic heterocycles. The molecule has 0 aromatic heterocycles. The quantitative estimate of drug-likeness (QED) is 0.228. The predicted molar refractivity (Wildman–Crippen MR) is 267 cm³/mol. The Labute approximate surface area is 415 Å². The minimum atomic E-state index is -0.543. The molecule has 0 saturated carbocycles. The van der Waals surface area contributed by atoms with Crippen molar-refractivity contribution in [3.63, 3.8) is 0 Å². The van der Waals surface area contributed by atoms with Gasteiger partial charge in [-0.05, 0) is 94.8 Å². The van der Waals surface area contributed by atoms with Gasteiger partial charge in [0.2, 0.25) is 23.6 Å². The van der Waals surface area contributed by atoms with Crippen LogP contribution in [0.1, 0.15) is 126 Å². The number of rotatable bonds is 16. The number of ether oxygens (including phenoxy) is 4. The first-order chi connectivity index (χ1) is 33.0. The van der Waals surface area contributed by atoms with Gasteiger partial charge in [0.15, 0.2) is 11.6 Å². The fourth-order valence-electron chi connectivity index (χ4n) is 11.9. The molecule has 0 bridgehead atoms. The van der Waals surface area contributed by atoms with E-state index in [9.17, 15) is 19.2 Å². The minimum Gasteiger partial charge on any atom is -0.349 e. The summed E-state index contributed by atoms with van der Waals surface area (Å²) in [7, 11) is 0. The van der Waals surface area contributed by atoms with Crippen LogP contribution >= 0.6 is 0 Å². The second-order valence-electron chi connectivity index (χ2n) is 23.7. The normalized spacial score (nSPS) is 27.4. The Kier molecular flexibility index (Phi) is 19.7. The number of nitrogens with zero attached hydrogens (tertiary/aromatic N) is 6. The molecule has 8 aliphatic rings. The first-order valence-electron chi connectivity index (χ1n) is 27.7. The Morgan fingerprint density at radius 1 is 0.507 bits per heavy atom. The third-order valence-electron chi connectivity index (χ3n) is 16.0. The molecule has 8 rings (SSSR count). The lowest BCUT2D eigenvalue weighted by Crippen LogP contribution is -2.63. The summed E-state index contributed by atoms with van der Waals surface area (Å²) in [5.41, 5.74) is 0. The molecule has 69 heavy (non-hydrogen) atoms. The summed E-state index contributed by atoms with van der Waals surface area (Å²) < 4.78 is 25.1. The smallest absolute Gasteiger partial charge is 0.245 e. The topological polar surface area (TPSA) is 149 Å². The highest BCUT2D eigenvalue weighted by Crippen LogP contribution is 2.36. The fraction of sp³-hybridized carbons (Fsp3) is 0.925.